The molecule has 0 fully saturated rings. The van der Waals surface area contributed by atoms with Gasteiger partial charge in [-0.15, -0.1) is 4.91 Å². The van der Waals surface area contributed by atoms with Gasteiger partial charge in [-0.25, -0.2) is 4.99 Å². The van der Waals surface area contributed by atoms with Crippen molar-refractivity contribution in [2.24, 2.45) is 10.2 Å². The molecule has 0 unspecified atom stereocenters. The first-order valence-corrected chi connectivity index (χ1v) is 8.13. The Morgan fingerprint density at radius 3 is 2.35 bits per heavy atom. The highest BCUT2D eigenvalue weighted by Gasteiger charge is 2.26. The number of ether oxygens (including phenoxy) is 1. The molecule has 5 heteroatoms. The van der Waals surface area contributed by atoms with E-state index in [2.05, 4.69) is 23.3 Å². The minimum atomic E-state index is -0.424. The van der Waals surface area contributed by atoms with Gasteiger partial charge in [0.25, 0.3) is 0 Å². The molecule has 1 aromatic carbocycles. The number of allylic oxidation sites excluding steroid dienone is 3. The Morgan fingerprint density at radius 1 is 1.23 bits per heavy atom. The van der Waals surface area contributed by atoms with Crippen molar-refractivity contribution in [3.8, 4) is 0 Å². The molecule has 0 bridgehead atoms. The van der Waals surface area contributed by atoms with Gasteiger partial charge in [0.1, 0.15) is 5.70 Å². The fraction of sp³-hybridized carbons (Fsp3) is 0.286. The number of aliphatic imine (C=N–C) groups is 1. The quantitative estimate of drug-likeness (QED) is 0.231. The van der Waals surface area contributed by atoms with Crippen molar-refractivity contribution in [2.75, 3.05) is 7.11 Å². The summed E-state index contributed by atoms with van der Waals surface area (Å²) >= 11 is 0. The minimum Gasteiger partial charge on any atom is -0.513 e. The Kier molecular flexibility index (Phi) is 7.26. The molecular weight excluding hydrogens is 328 g/mol. The third kappa shape index (κ3) is 5.28. The van der Waals surface area contributed by atoms with Gasteiger partial charge < -0.3 is 9.84 Å². The van der Waals surface area contributed by atoms with Crippen LogP contribution in [0.5, 0.6) is 0 Å². The summed E-state index contributed by atoms with van der Waals surface area (Å²) in [7, 11) is 1.47. The minimum absolute atomic E-state index is 0.0172. The van der Waals surface area contributed by atoms with Crippen molar-refractivity contribution in [2.45, 2.75) is 33.1 Å². The number of hydrogen-bond donors (Lipinski definition) is 1. The van der Waals surface area contributed by atoms with E-state index >= 15 is 0 Å². The van der Waals surface area contributed by atoms with Crippen molar-refractivity contribution in [3.63, 3.8) is 0 Å². The largest absolute Gasteiger partial charge is 0.513 e. The second-order valence-corrected chi connectivity index (χ2v) is 6.48. The van der Waals surface area contributed by atoms with Crippen molar-refractivity contribution in [1.29, 1.82) is 0 Å². The van der Waals surface area contributed by atoms with E-state index in [-0.39, 0.29) is 17.4 Å². The highest BCUT2D eigenvalue weighted by molar-refractivity contribution is 5.96. The summed E-state index contributed by atoms with van der Waals surface area (Å²) in [6.45, 7) is 15.5. The van der Waals surface area contributed by atoms with Crippen LogP contribution in [0, 0.1) is 11.8 Å². The summed E-state index contributed by atoms with van der Waals surface area (Å²) in [6.07, 6.45) is 2.63. The van der Waals surface area contributed by atoms with E-state index in [1.54, 1.807) is 0 Å². The average molecular weight is 354 g/mol. The predicted molar refractivity (Wildman–Crippen MR) is 107 cm³/mol. The molecule has 0 radical (unpaired) electrons. The number of nitroso groups, excluding NO2 is 1. The van der Waals surface area contributed by atoms with Crippen LogP contribution in [0.3, 0.4) is 0 Å². The van der Waals surface area contributed by atoms with E-state index in [1.807, 2.05) is 45.0 Å². The highest BCUT2D eigenvalue weighted by atomic mass is 16.5. The lowest BCUT2D eigenvalue weighted by Crippen LogP contribution is -2.21. The molecule has 0 heterocycles. The Bertz CT molecular complexity index is 795. The van der Waals surface area contributed by atoms with Crippen LogP contribution in [0.4, 0.5) is 0 Å². The van der Waals surface area contributed by atoms with Gasteiger partial charge in [0.2, 0.25) is 5.90 Å². The van der Waals surface area contributed by atoms with Crippen LogP contribution < -0.4 is 0 Å². The van der Waals surface area contributed by atoms with Crippen molar-refractivity contribution >= 4 is 5.90 Å². The molecule has 0 aliphatic heterocycles. The lowest BCUT2D eigenvalue weighted by molar-refractivity contribution is 0.402. The number of nitrogens with zero attached hydrogens (tertiary/aromatic N) is 2. The summed E-state index contributed by atoms with van der Waals surface area (Å²) in [5, 5.41) is 12.1. The number of aryl methyl sites for hydroxylation is 1. The number of rotatable bonds is 7. The molecule has 1 rings (SSSR count). The molecule has 0 spiro atoms. The van der Waals surface area contributed by atoms with Gasteiger partial charge in [0.15, 0.2) is 0 Å². The molecule has 0 aliphatic carbocycles. The van der Waals surface area contributed by atoms with Crippen molar-refractivity contribution in [3.05, 3.63) is 88.3 Å². The number of aliphatic hydroxyl groups excluding tert-OH is 1. The Balaban J connectivity index is 3.22. The Morgan fingerprint density at radius 2 is 1.85 bits per heavy atom. The van der Waals surface area contributed by atoms with Gasteiger partial charge in [-0.3, -0.25) is 0 Å². The molecule has 0 saturated heterocycles. The summed E-state index contributed by atoms with van der Waals surface area (Å²) in [5.41, 5.74) is 2.78. The summed E-state index contributed by atoms with van der Waals surface area (Å²) in [6, 6.07) is 8.05. The zero-order chi connectivity index (χ0) is 19.9. The maximum atomic E-state index is 10.9. The summed E-state index contributed by atoms with van der Waals surface area (Å²) in [4.78, 5) is 15.4. The number of aliphatic hydroxyl groups is 1. The lowest BCUT2D eigenvalue weighted by Gasteiger charge is -2.27. The van der Waals surface area contributed by atoms with E-state index < -0.39 is 5.41 Å². The van der Waals surface area contributed by atoms with E-state index in [4.69, 9.17) is 4.74 Å². The normalized spacial score (nSPS) is 13.3. The molecule has 0 amide bonds. The topological polar surface area (TPSA) is 71.2 Å². The molecule has 1 N–H and O–H groups in total. The average Bonchev–Trinajstić information content (AvgIpc) is 2.58. The molecule has 0 aromatic heterocycles. The van der Waals surface area contributed by atoms with Crippen molar-refractivity contribution < 1.29 is 9.84 Å². The summed E-state index contributed by atoms with van der Waals surface area (Å²) < 4.78 is 5.31. The molecule has 26 heavy (non-hydrogen) atoms. The van der Waals surface area contributed by atoms with Gasteiger partial charge in [-0.05, 0) is 36.2 Å². The van der Waals surface area contributed by atoms with Crippen LogP contribution in [0.15, 0.2) is 82.5 Å². The van der Waals surface area contributed by atoms with Crippen LogP contribution in [0.2, 0.25) is 0 Å². The van der Waals surface area contributed by atoms with Crippen molar-refractivity contribution in [1.82, 2.24) is 0 Å². The van der Waals surface area contributed by atoms with Gasteiger partial charge in [-0.2, -0.15) is 0 Å². The second-order valence-electron chi connectivity index (χ2n) is 6.48. The van der Waals surface area contributed by atoms with Gasteiger partial charge in [-0.1, -0.05) is 51.3 Å². The van der Waals surface area contributed by atoms with E-state index in [1.165, 1.54) is 26.2 Å². The van der Waals surface area contributed by atoms with Crippen LogP contribution in [0.1, 0.15) is 31.9 Å². The zero-order valence-corrected chi connectivity index (χ0v) is 16.0. The monoisotopic (exact) mass is 354 g/mol. The molecule has 5 nitrogen and oxygen atoms in total. The number of methoxy groups -OCH3 is 1. The van der Waals surface area contributed by atoms with Gasteiger partial charge >= 0.3 is 0 Å². The zero-order valence-electron chi connectivity index (χ0n) is 16.0. The van der Waals surface area contributed by atoms with Gasteiger partial charge in [0, 0.05) is 22.8 Å². The SMILES string of the molecule is C=C(/C=C(\C=C(/C)O)N=O)C(=NC(=C)C(C)(C)c1ccccc1C)OC. The third-order valence-corrected chi connectivity index (χ3v) is 4.03. The van der Waals surface area contributed by atoms with E-state index in [0.717, 1.165) is 11.1 Å². The Hall–Kier alpha value is -2.95. The molecule has 1 aromatic rings. The first kappa shape index (κ1) is 21.1. The van der Waals surface area contributed by atoms with E-state index in [0.29, 0.717) is 11.3 Å². The molecule has 0 atom stereocenters. The first-order chi connectivity index (χ1) is 12.1. The fourth-order valence-electron chi connectivity index (χ4n) is 2.49. The predicted octanol–water partition coefficient (Wildman–Crippen LogP) is 5.50. The molecule has 138 valence electrons. The first-order valence-electron chi connectivity index (χ1n) is 8.13. The standard InChI is InChI=1S/C21H26N2O3/c1-14-10-8-9-11-19(14)21(5,6)17(4)22-20(26-7)15(2)12-18(23-25)13-16(3)24/h8-13,24H,2,4H2,1,3,5-7H3/b16-13+,18-12+,22-20?. The number of hydrogen-bond acceptors (Lipinski definition) is 5. The third-order valence-electron chi connectivity index (χ3n) is 4.03. The van der Waals surface area contributed by atoms with Crippen LogP contribution in [-0.4, -0.2) is 18.1 Å². The molecule has 0 saturated carbocycles. The van der Waals surface area contributed by atoms with Gasteiger partial charge in [0.05, 0.1) is 12.9 Å². The summed E-state index contributed by atoms with van der Waals surface area (Å²) in [5.74, 6) is 0.187. The molecule has 0 aliphatic rings. The lowest BCUT2D eigenvalue weighted by atomic mass is 9.80. The Labute approximate surface area is 155 Å². The second kappa shape index (κ2) is 8.94. The number of benzene rings is 1. The van der Waals surface area contributed by atoms with Crippen LogP contribution in [0.25, 0.3) is 0 Å². The van der Waals surface area contributed by atoms with E-state index in [9.17, 15) is 10.0 Å². The highest BCUT2D eigenvalue weighted by Crippen LogP contribution is 2.33. The maximum Gasteiger partial charge on any atom is 0.220 e. The molecular formula is C21H26N2O3. The van der Waals surface area contributed by atoms with Crippen LogP contribution >= 0.6 is 0 Å². The fourth-order valence-corrected chi connectivity index (χ4v) is 2.49. The van der Waals surface area contributed by atoms with Crippen LogP contribution in [-0.2, 0) is 10.2 Å². The maximum absolute atomic E-state index is 10.9. The smallest absolute Gasteiger partial charge is 0.220 e.